The van der Waals surface area contributed by atoms with Crippen molar-refractivity contribution >= 4 is 21.6 Å². The smallest absolute Gasteiger partial charge is 0.0303 e. The molecule has 0 aliphatic heterocycles. The molecule has 0 aliphatic rings. The standard InChI is InChI=1S/C34H56N2S2/c1-31(2,3)25-17-23(18-26(21-25)32(4,5)6)29(35)13-15-37-38-16-14-30(36)24-19-27(33(7,8)9)22-28(20-24)34(10,11)12/h17-22,29-30H,13-16,35-36H2,1-12H3. The summed E-state index contributed by atoms with van der Waals surface area (Å²) in [5.74, 6) is 2.08. The molecule has 0 spiro atoms. The van der Waals surface area contributed by atoms with Gasteiger partial charge in [-0.2, -0.15) is 0 Å². The molecule has 38 heavy (non-hydrogen) atoms. The van der Waals surface area contributed by atoms with Crippen LogP contribution in [0.3, 0.4) is 0 Å². The summed E-state index contributed by atoms with van der Waals surface area (Å²) in [7, 11) is 3.86. The van der Waals surface area contributed by atoms with Crippen LogP contribution in [0.1, 0.15) is 141 Å². The van der Waals surface area contributed by atoms with Crippen LogP contribution >= 0.6 is 21.6 Å². The quantitative estimate of drug-likeness (QED) is 0.238. The summed E-state index contributed by atoms with van der Waals surface area (Å²) in [6.07, 6.45) is 1.95. The van der Waals surface area contributed by atoms with Gasteiger partial charge >= 0.3 is 0 Å². The highest BCUT2D eigenvalue weighted by atomic mass is 33.1. The van der Waals surface area contributed by atoms with Gasteiger partial charge in [0.1, 0.15) is 0 Å². The van der Waals surface area contributed by atoms with E-state index in [0.29, 0.717) is 0 Å². The van der Waals surface area contributed by atoms with Crippen molar-refractivity contribution in [2.45, 2.75) is 130 Å². The van der Waals surface area contributed by atoms with Crippen molar-refractivity contribution in [2.75, 3.05) is 11.5 Å². The van der Waals surface area contributed by atoms with Crippen molar-refractivity contribution in [3.63, 3.8) is 0 Å². The van der Waals surface area contributed by atoms with Crippen LogP contribution in [0, 0.1) is 0 Å². The average Bonchev–Trinajstić information content (AvgIpc) is 2.78. The Balaban J connectivity index is 1.95. The molecule has 0 aliphatic carbocycles. The predicted octanol–water partition coefficient (Wildman–Crippen LogP) is 9.74. The summed E-state index contributed by atoms with van der Waals surface area (Å²) < 4.78 is 0. The van der Waals surface area contributed by atoms with Gasteiger partial charge in [-0.1, -0.05) is 141 Å². The topological polar surface area (TPSA) is 52.0 Å². The maximum atomic E-state index is 6.71. The minimum absolute atomic E-state index is 0.0599. The van der Waals surface area contributed by atoms with E-state index >= 15 is 0 Å². The molecule has 214 valence electrons. The van der Waals surface area contributed by atoms with Crippen molar-refractivity contribution in [1.82, 2.24) is 0 Å². The van der Waals surface area contributed by atoms with Crippen molar-refractivity contribution < 1.29 is 0 Å². The van der Waals surface area contributed by atoms with Gasteiger partial charge in [0.2, 0.25) is 0 Å². The SMILES string of the molecule is CC(C)(C)c1cc(C(N)CCSSCCC(N)c2cc(C(C)(C)C)cc(C(C)(C)C)c2)cc(C(C)(C)C)c1. The molecule has 2 nitrogen and oxygen atoms in total. The number of nitrogens with two attached hydrogens (primary N) is 2. The Morgan fingerprint density at radius 2 is 0.711 bits per heavy atom. The van der Waals surface area contributed by atoms with Crippen LogP contribution in [-0.4, -0.2) is 11.5 Å². The van der Waals surface area contributed by atoms with Crippen LogP contribution in [0.15, 0.2) is 36.4 Å². The van der Waals surface area contributed by atoms with Crippen LogP contribution in [0.5, 0.6) is 0 Å². The highest BCUT2D eigenvalue weighted by Crippen LogP contribution is 2.35. The highest BCUT2D eigenvalue weighted by Gasteiger charge is 2.23. The molecule has 4 N–H and O–H groups in total. The van der Waals surface area contributed by atoms with Crippen LogP contribution in [0.4, 0.5) is 0 Å². The fourth-order valence-electron chi connectivity index (χ4n) is 4.26. The van der Waals surface area contributed by atoms with Crippen molar-refractivity contribution in [3.05, 3.63) is 69.8 Å². The molecule has 0 aromatic heterocycles. The monoisotopic (exact) mass is 556 g/mol. The van der Waals surface area contributed by atoms with Crippen LogP contribution in [0.25, 0.3) is 0 Å². The lowest BCUT2D eigenvalue weighted by Crippen LogP contribution is -2.20. The molecule has 0 amide bonds. The molecule has 2 aromatic carbocycles. The molecule has 0 heterocycles. The second kappa shape index (κ2) is 12.7. The van der Waals surface area contributed by atoms with E-state index in [4.69, 9.17) is 11.5 Å². The van der Waals surface area contributed by atoms with Crippen molar-refractivity contribution in [2.24, 2.45) is 11.5 Å². The van der Waals surface area contributed by atoms with Gasteiger partial charge in [-0.25, -0.2) is 0 Å². The molecule has 0 bridgehead atoms. The molecule has 2 atom stereocenters. The summed E-state index contributed by atoms with van der Waals surface area (Å²) in [5.41, 5.74) is 21.9. The molecule has 0 saturated heterocycles. The Morgan fingerprint density at radius 3 is 0.921 bits per heavy atom. The van der Waals surface area contributed by atoms with E-state index < -0.39 is 0 Å². The third kappa shape index (κ3) is 9.91. The number of hydrogen-bond acceptors (Lipinski definition) is 4. The van der Waals surface area contributed by atoms with E-state index in [0.717, 1.165) is 24.3 Å². The molecule has 4 heteroatoms. The zero-order chi connectivity index (χ0) is 29.1. The van der Waals surface area contributed by atoms with Gasteiger partial charge in [0.25, 0.3) is 0 Å². The lowest BCUT2D eigenvalue weighted by Gasteiger charge is -2.27. The number of rotatable bonds is 9. The Kier molecular flexibility index (Phi) is 11.1. The summed E-state index contributed by atoms with van der Waals surface area (Å²) in [4.78, 5) is 0. The second-order valence-corrected chi connectivity index (χ2v) is 17.8. The Bertz CT molecular complexity index is 896. The summed E-state index contributed by atoms with van der Waals surface area (Å²) >= 11 is 0. The summed E-state index contributed by atoms with van der Waals surface area (Å²) in [5, 5.41) is 0. The summed E-state index contributed by atoms with van der Waals surface area (Å²) in [6.45, 7) is 27.4. The molecule has 0 fully saturated rings. The molecular weight excluding hydrogens is 501 g/mol. The Labute approximate surface area is 243 Å². The van der Waals surface area contributed by atoms with Gasteiger partial charge in [-0.3, -0.25) is 0 Å². The van der Waals surface area contributed by atoms with Gasteiger partial charge < -0.3 is 11.5 Å². The van der Waals surface area contributed by atoms with Crippen LogP contribution < -0.4 is 11.5 Å². The highest BCUT2D eigenvalue weighted by molar-refractivity contribution is 8.76. The van der Waals surface area contributed by atoms with E-state index in [1.165, 1.54) is 33.4 Å². The maximum absolute atomic E-state index is 6.71. The molecule has 2 aromatic rings. The number of benzene rings is 2. The first kappa shape index (κ1) is 33.3. The minimum atomic E-state index is 0.0599. The van der Waals surface area contributed by atoms with Gasteiger partial charge in [0, 0.05) is 23.6 Å². The predicted molar refractivity (Wildman–Crippen MR) is 176 cm³/mol. The first-order valence-electron chi connectivity index (χ1n) is 14.3. The largest absolute Gasteiger partial charge is 0.324 e. The van der Waals surface area contributed by atoms with E-state index in [-0.39, 0.29) is 33.7 Å². The fourth-order valence-corrected chi connectivity index (χ4v) is 6.49. The van der Waals surface area contributed by atoms with Gasteiger partial charge in [-0.05, 0) is 67.9 Å². The molecule has 2 rings (SSSR count). The Morgan fingerprint density at radius 1 is 0.474 bits per heavy atom. The number of hydrogen-bond donors (Lipinski definition) is 2. The average molecular weight is 557 g/mol. The first-order chi connectivity index (χ1) is 17.2. The third-order valence-corrected chi connectivity index (χ3v) is 9.81. The normalized spacial score (nSPS) is 15.0. The third-order valence-electron chi connectivity index (χ3n) is 7.34. The van der Waals surface area contributed by atoms with Crippen LogP contribution in [0.2, 0.25) is 0 Å². The lowest BCUT2D eigenvalue weighted by molar-refractivity contribution is 0.562. The molecule has 2 unspecified atom stereocenters. The molecule has 0 saturated carbocycles. The Hall–Kier alpha value is -0.940. The van der Waals surface area contributed by atoms with E-state index in [2.05, 4.69) is 119 Å². The molecular formula is C34H56N2S2. The zero-order valence-corrected chi connectivity index (χ0v) is 28.1. The van der Waals surface area contributed by atoms with Crippen LogP contribution in [-0.2, 0) is 21.7 Å². The lowest BCUT2D eigenvalue weighted by atomic mass is 9.79. The fraction of sp³-hybridized carbons (Fsp3) is 0.647. The van der Waals surface area contributed by atoms with Crippen molar-refractivity contribution in [3.8, 4) is 0 Å². The second-order valence-electron chi connectivity index (χ2n) is 15.1. The van der Waals surface area contributed by atoms with E-state index in [1.807, 2.05) is 21.6 Å². The van der Waals surface area contributed by atoms with Gasteiger partial charge in [-0.15, -0.1) is 0 Å². The van der Waals surface area contributed by atoms with E-state index in [1.54, 1.807) is 0 Å². The first-order valence-corrected chi connectivity index (χ1v) is 16.8. The maximum Gasteiger partial charge on any atom is 0.0303 e. The van der Waals surface area contributed by atoms with E-state index in [9.17, 15) is 0 Å². The van der Waals surface area contributed by atoms with Gasteiger partial charge in [0.15, 0.2) is 0 Å². The zero-order valence-electron chi connectivity index (χ0n) is 26.4. The minimum Gasteiger partial charge on any atom is -0.324 e. The summed E-state index contributed by atoms with van der Waals surface area (Å²) in [6, 6.07) is 14.2. The van der Waals surface area contributed by atoms with Gasteiger partial charge in [0.05, 0.1) is 0 Å². The molecule has 0 radical (unpaired) electrons. The van der Waals surface area contributed by atoms with Crippen molar-refractivity contribution in [1.29, 1.82) is 0 Å².